The minimum Gasteiger partial charge on any atom is -0.398 e. The standard InChI is InChI=1S/C13H13N3O3/c14-9-3-1-2-7-8(9)6-16(13(7)19)10-4-5-11(17)15-12(10)18/h1-3,10H,4-6,14H2,(H,15,17,18)/t10-/m0/s1/i6D2,10D. The molecule has 2 aliphatic heterocycles. The molecule has 1 fully saturated rings. The molecule has 19 heavy (non-hydrogen) atoms. The van der Waals surface area contributed by atoms with Crippen LogP contribution in [0, 0.1) is 0 Å². The fraction of sp³-hybridized carbons (Fsp3) is 0.308. The average Bonchev–Trinajstić information content (AvgIpc) is 2.63. The molecule has 6 nitrogen and oxygen atoms in total. The van der Waals surface area contributed by atoms with Crippen molar-refractivity contribution in [1.29, 1.82) is 0 Å². The van der Waals surface area contributed by atoms with Gasteiger partial charge in [0.2, 0.25) is 11.8 Å². The van der Waals surface area contributed by atoms with E-state index < -0.39 is 30.2 Å². The Morgan fingerprint density at radius 3 is 2.89 bits per heavy atom. The number of hydrogen-bond acceptors (Lipinski definition) is 4. The SMILES string of the molecule is [2H]C1([2H])c2c(N)cccc2C(=O)N1[C@@]1([2H])CCC(=O)NC1=O. The lowest BCUT2D eigenvalue weighted by Gasteiger charge is -2.29. The predicted molar refractivity (Wildman–Crippen MR) is 66.9 cm³/mol. The lowest BCUT2D eigenvalue weighted by molar-refractivity contribution is -0.136. The summed E-state index contributed by atoms with van der Waals surface area (Å²) in [7, 11) is 0. The molecule has 3 rings (SSSR count). The van der Waals surface area contributed by atoms with E-state index >= 15 is 0 Å². The number of piperidine rings is 1. The van der Waals surface area contributed by atoms with Crippen molar-refractivity contribution in [2.45, 2.75) is 25.4 Å². The van der Waals surface area contributed by atoms with Crippen LogP contribution in [-0.4, -0.2) is 28.6 Å². The molecule has 2 aliphatic rings. The zero-order valence-electron chi connectivity index (χ0n) is 12.9. The number of nitrogens with zero attached hydrogens (tertiary/aromatic N) is 1. The Morgan fingerprint density at radius 1 is 1.42 bits per heavy atom. The van der Waals surface area contributed by atoms with Crippen LogP contribution in [-0.2, 0) is 16.1 Å². The molecule has 0 unspecified atom stereocenters. The normalized spacial score (nSPS) is 31.3. The number of benzene rings is 1. The number of nitrogen functional groups attached to an aromatic ring is 1. The highest BCUT2D eigenvalue weighted by Gasteiger charge is 2.39. The van der Waals surface area contributed by atoms with E-state index in [0.717, 1.165) is 0 Å². The number of imide groups is 1. The summed E-state index contributed by atoms with van der Waals surface area (Å²) < 4.78 is 24.7. The minimum atomic E-state index is -2.41. The van der Waals surface area contributed by atoms with Crippen LogP contribution in [0.3, 0.4) is 0 Å². The highest BCUT2D eigenvalue weighted by Crippen LogP contribution is 2.30. The summed E-state index contributed by atoms with van der Waals surface area (Å²) in [5.74, 6) is -2.34. The van der Waals surface area contributed by atoms with Gasteiger partial charge in [-0.1, -0.05) is 6.07 Å². The summed E-state index contributed by atoms with van der Waals surface area (Å²) in [5, 5.41) is 1.99. The fourth-order valence-electron chi connectivity index (χ4n) is 2.17. The molecule has 2 heterocycles. The largest absolute Gasteiger partial charge is 0.398 e. The van der Waals surface area contributed by atoms with E-state index in [9.17, 15) is 14.4 Å². The molecule has 1 atom stereocenters. The molecular formula is C13H13N3O3. The predicted octanol–water partition coefficient (Wildman–Crippen LogP) is 0.0298. The van der Waals surface area contributed by atoms with Crippen LogP contribution < -0.4 is 11.1 Å². The maximum absolute atomic E-state index is 12.5. The third-order valence-corrected chi connectivity index (χ3v) is 3.13. The van der Waals surface area contributed by atoms with Crippen molar-refractivity contribution in [2.75, 3.05) is 5.73 Å². The highest BCUT2D eigenvalue weighted by atomic mass is 16.2. The first-order valence-corrected chi connectivity index (χ1v) is 5.77. The molecule has 0 aromatic heterocycles. The van der Waals surface area contributed by atoms with Gasteiger partial charge in [-0.25, -0.2) is 0 Å². The molecule has 6 heteroatoms. The van der Waals surface area contributed by atoms with E-state index in [1.54, 1.807) is 0 Å². The van der Waals surface area contributed by atoms with Gasteiger partial charge in [0.05, 0.1) is 4.11 Å². The van der Waals surface area contributed by atoms with Crippen LogP contribution in [0.1, 0.15) is 32.9 Å². The summed E-state index contributed by atoms with van der Waals surface area (Å²) >= 11 is 0. The Kier molecular flexibility index (Phi) is 1.87. The first-order valence-electron chi connectivity index (χ1n) is 7.27. The number of nitrogens with one attached hydrogen (secondary N) is 1. The van der Waals surface area contributed by atoms with Gasteiger partial charge in [0, 0.05) is 29.7 Å². The van der Waals surface area contributed by atoms with E-state index in [1.165, 1.54) is 18.2 Å². The summed E-state index contributed by atoms with van der Waals surface area (Å²) in [6, 6.07) is 2.17. The molecule has 3 amide bonds. The monoisotopic (exact) mass is 262 g/mol. The first kappa shape index (κ1) is 8.68. The molecule has 0 aliphatic carbocycles. The Morgan fingerprint density at radius 2 is 2.21 bits per heavy atom. The number of carbonyl (C=O) groups excluding carboxylic acids is 3. The van der Waals surface area contributed by atoms with Crippen LogP contribution >= 0.6 is 0 Å². The molecule has 0 spiro atoms. The third-order valence-electron chi connectivity index (χ3n) is 3.13. The molecule has 98 valence electrons. The van der Waals surface area contributed by atoms with Crippen molar-refractivity contribution in [2.24, 2.45) is 0 Å². The first-order chi connectivity index (χ1) is 10.2. The Bertz CT molecular complexity index is 722. The van der Waals surface area contributed by atoms with Crippen molar-refractivity contribution in [1.82, 2.24) is 10.2 Å². The number of nitrogens with two attached hydrogens (primary N) is 1. The van der Waals surface area contributed by atoms with Crippen molar-refractivity contribution in [3.8, 4) is 0 Å². The number of carbonyl (C=O) groups is 3. The smallest absolute Gasteiger partial charge is 0.255 e. The van der Waals surface area contributed by atoms with Gasteiger partial charge in [-0.05, 0) is 18.6 Å². The second kappa shape index (κ2) is 4.08. The summed E-state index contributed by atoms with van der Waals surface area (Å²) in [6.07, 6.45) is -0.405. The number of rotatable bonds is 1. The molecule has 1 aromatic rings. The van der Waals surface area contributed by atoms with Gasteiger partial charge in [0.15, 0.2) is 0 Å². The van der Waals surface area contributed by atoms with Crippen LogP contribution in [0.15, 0.2) is 18.2 Å². The van der Waals surface area contributed by atoms with Crippen molar-refractivity contribution in [3.63, 3.8) is 0 Å². The van der Waals surface area contributed by atoms with Gasteiger partial charge in [0.1, 0.15) is 6.02 Å². The number of anilines is 1. The molecule has 3 N–H and O–H groups in total. The topological polar surface area (TPSA) is 92.5 Å². The molecule has 0 bridgehead atoms. The summed E-state index contributed by atoms with van der Waals surface area (Å²) in [4.78, 5) is 36.4. The number of amides is 3. The van der Waals surface area contributed by atoms with Gasteiger partial charge in [0.25, 0.3) is 5.91 Å². The zero-order valence-corrected chi connectivity index (χ0v) is 9.90. The number of fused-ring (bicyclic) bond motifs is 1. The van der Waals surface area contributed by atoms with E-state index in [1.807, 2.05) is 5.32 Å². The van der Waals surface area contributed by atoms with E-state index in [4.69, 9.17) is 9.85 Å². The average molecular weight is 262 g/mol. The van der Waals surface area contributed by atoms with Gasteiger partial charge in [-0.15, -0.1) is 0 Å². The Balaban J connectivity index is 2.14. The summed E-state index contributed by atoms with van der Waals surface area (Å²) in [6.45, 7) is -2.41. The summed E-state index contributed by atoms with van der Waals surface area (Å²) in [5.41, 5.74) is 5.83. The van der Waals surface area contributed by atoms with Gasteiger partial charge >= 0.3 is 0 Å². The van der Waals surface area contributed by atoms with Crippen LogP contribution in [0.2, 0.25) is 0 Å². The van der Waals surface area contributed by atoms with Crippen molar-refractivity contribution < 1.29 is 18.5 Å². The molecule has 0 radical (unpaired) electrons. The van der Waals surface area contributed by atoms with Gasteiger partial charge < -0.3 is 10.6 Å². The maximum atomic E-state index is 12.5. The minimum absolute atomic E-state index is 0.0290. The molecule has 1 saturated heterocycles. The van der Waals surface area contributed by atoms with Crippen LogP contribution in [0.5, 0.6) is 0 Å². The van der Waals surface area contributed by atoms with Gasteiger partial charge in [-0.2, -0.15) is 0 Å². The zero-order chi connectivity index (χ0) is 16.3. The van der Waals surface area contributed by atoms with Crippen molar-refractivity contribution in [3.05, 3.63) is 29.3 Å². The van der Waals surface area contributed by atoms with Crippen molar-refractivity contribution >= 4 is 23.4 Å². The fourth-order valence-corrected chi connectivity index (χ4v) is 2.17. The third kappa shape index (κ3) is 1.76. The number of hydrogen-bond donors (Lipinski definition) is 2. The highest BCUT2D eigenvalue weighted by molar-refractivity contribution is 6.06. The van der Waals surface area contributed by atoms with Gasteiger partial charge in [-0.3, -0.25) is 19.7 Å². The Hall–Kier alpha value is -2.37. The van der Waals surface area contributed by atoms with Crippen LogP contribution in [0.4, 0.5) is 5.69 Å². The molecule has 0 saturated carbocycles. The molecule has 1 aromatic carbocycles. The lowest BCUT2D eigenvalue weighted by Crippen LogP contribution is -2.52. The maximum Gasteiger partial charge on any atom is 0.255 e. The second-order valence-corrected chi connectivity index (χ2v) is 4.35. The molecular weight excluding hydrogens is 246 g/mol. The lowest BCUT2D eigenvalue weighted by atomic mass is 10.0. The van der Waals surface area contributed by atoms with E-state index in [-0.39, 0.29) is 29.7 Å². The Labute approximate surface area is 113 Å². The van der Waals surface area contributed by atoms with Crippen LogP contribution in [0.25, 0.3) is 0 Å². The van der Waals surface area contributed by atoms with E-state index in [2.05, 4.69) is 0 Å². The second-order valence-electron chi connectivity index (χ2n) is 4.35. The van der Waals surface area contributed by atoms with E-state index in [0.29, 0.717) is 4.90 Å². The quantitative estimate of drug-likeness (QED) is 0.551.